The van der Waals surface area contributed by atoms with Gasteiger partial charge in [0.2, 0.25) is 11.8 Å². The number of hydrogen-bond acceptors (Lipinski definition) is 7. The first-order chi connectivity index (χ1) is 12.3. The Morgan fingerprint density at radius 2 is 2.00 bits per heavy atom. The van der Waals surface area contributed by atoms with E-state index in [-0.39, 0.29) is 17.3 Å². The van der Waals surface area contributed by atoms with Crippen molar-refractivity contribution in [1.29, 1.82) is 0 Å². The lowest BCUT2D eigenvalue weighted by atomic mass is 10.2. The molecule has 9 heteroatoms. The van der Waals surface area contributed by atoms with E-state index in [0.717, 1.165) is 5.56 Å². The van der Waals surface area contributed by atoms with Crippen molar-refractivity contribution >= 4 is 29.8 Å². The average Bonchev–Trinajstić information content (AvgIpc) is 3.36. The van der Waals surface area contributed by atoms with Crippen molar-refractivity contribution < 1.29 is 9.21 Å². The molecule has 0 bridgehead atoms. The zero-order chi connectivity index (χ0) is 17.1. The van der Waals surface area contributed by atoms with Crippen LogP contribution in [0.25, 0.3) is 6.08 Å². The second-order valence-corrected chi connectivity index (χ2v) is 6.45. The lowest BCUT2D eigenvalue weighted by Crippen LogP contribution is -2.31. The minimum absolute atomic E-state index is 0.0489. The molecule has 0 N–H and O–H groups in total. The maximum Gasteiger partial charge on any atom is 0.326 e. The summed E-state index contributed by atoms with van der Waals surface area (Å²) in [5, 5.41) is 15.3. The van der Waals surface area contributed by atoms with E-state index >= 15 is 0 Å². The molecule has 3 aromatic rings. The molecule has 1 aliphatic heterocycles. The number of amides is 1. The van der Waals surface area contributed by atoms with E-state index in [0.29, 0.717) is 18.2 Å². The molecule has 0 aliphatic carbocycles. The molecule has 0 radical (unpaired) electrons. The molecule has 1 aromatic carbocycles. The first-order valence-corrected chi connectivity index (χ1v) is 8.66. The normalized spacial score (nSPS) is 17.7. The lowest BCUT2D eigenvalue weighted by Gasteiger charge is -2.16. The van der Waals surface area contributed by atoms with Crippen LogP contribution in [0.4, 0.5) is 6.01 Å². The molecule has 1 amide bonds. The van der Waals surface area contributed by atoms with Gasteiger partial charge in [0.1, 0.15) is 24.6 Å². The summed E-state index contributed by atoms with van der Waals surface area (Å²) < 4.78 is 7.37. The van der Waals surface area contributed by atoms with Gasteiger partial charge in [-0.15, -0.1) is 27.1 Å². The van der Waals surface area contributed by atoms with Gasteiger partial charge in [0.25, 0.3) is 0 Å². The number of benzene rings is 1. The highest BCUT2D eigenvalue weighted by molar-refractivity contribution is 8.01. The number of aromatic nitrogens is 5. The molecule has 1 fully saturated rings. The molecule has 1 aliphatic rings. The Morgan fingerprint density at radius 1 is 1.20 bits per heavy atom. The van der Waals surface area contributed by atoms with Gasteiger partial charge in [0.05, 0.1) is 5.75 Å². The first kappa shape index (κ1) is 15.6. The largest absolute Gasteiger partial charge is 0.406 e. The van der Waals surface area contributed by atoms with Crippen LogP contribution >= 0.6 is 11.8 Å². The fourth-order valence-corrected chi connectivity index (χ4v) is 3.42. The summed E-state index contributed by atoms with van der Waals surface area (Å²) in [6.45, 7) is 0.361. The SMILES string of the molecule is O=C1CSC(/C=C/c2ccccc2)N1c1nnc(Cn2cnnc2)o1. The van der Waals surface area contributed by atoms with Gasteiger partial charge < -0.3 is 8.98 Å². The van der Waals surface area contributed by atoms with E-state index in [2.05, 4.69) is 20.4 Å². The van der Waals surface area contributed by atoms with Crippen LogP contribution in [0.3, 0.4) is 0 Å². The van der Waals surface area contributed by atoms with Crippen LogP contribution in [0.2, 0.25) is 0 Å². The number of rotatable bonds is 5. The van der Waals surface area contributed by atoms with Crippen LogP contribution in [0.15, 0.2) is 53.5 Å². The van der Waals surface area contributed by atoms with Crippen molar-refractivity contribution in [3.8, 4) is 0 Å². The van der Waals surface area contributed by atoms with Gasteiger partial charge in [-0.2, -0.15) is 0 Å². The van der Waals surface area contributed by atoms with Crippen molar-refractivity contribution in [1.82, 2.24) is 25.0 Å². The van der Waals surface area contributed by atoms with Crippen molar-refractivity contribution in [3.05, 3.63) is 60.5 Å². The summed E-state index contributed by atoms with van der Waals surface area (Å²) in [7, 11) is 0. The van der Waals surface area contributed by atoms with E-state index in [1.165, 1.54) is 16.7 Å². The minimum Gasteiger partial charge on any atom is -0.406 e. The summed E-state index contributed by atoms with van der Waals surface area (Å²) in [6, 6.07) is 10.1. The van der Waals surface area contributed by atoms with E-state index < -0.39 is 0 Å². The van der Waals surface area contributed by atoms with Crippen LogP contribution in [-0.2, 0) is 11.3 Å². The number of anilines is 1. The molecular weight excluding hydrogens is 340 g/mol. The van der Waals surface area contributed by atoms with E-state index in [4.69, 9.17) is 4.42 Å². The van der Waals surface area contributed by atoms with Gasteiger partial charge in [-0.3, -0.25) is 4.79 Å². The maximum atomic E-state index is 12.2. The van der Waals surface area contributed by atoms with Gasteiger partial charge >= 0.3 is 6.01 Å². The smallest absolute Gasteiger partial charge is 0.326 e. The third kappa shape index (κ3) is 3.45. The Balaban J connectivity index is 1.52. The number of thioether (sulfide) groups is 1. The molecular formula is C16H14N6O2S. The van der Waals surface area contributed by atoms with Gasteiger partial charge in [-0.25, -0.2) is 4.90 Å². The Hall–Kier alpha value is -2.94. The highest BCUT2D eigenvalue weighted by atomic mass is 32.2. The van der Waals surface area contributed by atoms with E-state index in [1.807, 2.05) is 42.5 Å². The lowest BCUT2D eigenvalue weighted by molar-refractivity contribution is -0.115. The predicted molar refractivity (Wildman–Crippen MR) is 92.6 cm³/mol. The summed E-state index contributed by atoms with van der Waals surface area (Å²) in [5.74, 6) is 0.727. The molecule has 1 unspecified atom stereocenters. The Morgan fingerprint density at radius 3 is 2.80 bits per heavy atom. The van der Waals surface area contributed by atoms with Crippen molar-refractivity contribution in [3.63, 3.8) is 0 Å². The van der Waals surface area contributed by atoms with Gasteiger partial charge in [0.15, 0.2) is 0 Å². The molecule has 1 saturated heterocycles. The molecule has 126 valence electrons. The zero-order valence-corrected chi connectivity index (χ0v) is 13.9. The summed E-state index contributed by atoms with van der Waals surface area (Å²) in [5.41, 5.74) is 1.07. The monoisotopic (exact) mass is 354 g/mol. The number of hydrogen-bond donors (Lipinski definition) is 0. The quantitative estimate of drug-likeness (QED) is 0.690. The number of nitrogens with zero attached hydrogens (tertiary/aromatic N) is 6. The Kier molecular flexibility index (Phi) is 4.30. The van der Waals surface area contributed by atoms with Crippen molar-refractivity contribution in [2.45, 2.75) is 11.9 Å². The van der Waals surface area contributed by atoms with Crippen LogP contribution in [-0.4, -0.2) is 42.0 Å². The van der Waals surface area contributed by atoms with Gasteiger partial charge in [-0.05, 0) is 5.56 Å². The topological polar surface area (TPSA) is 89.9 Å². The second-order valence-electron chi connectivity index (χ2n) is 5.35. The second kappa shape index (κ2) is 6.89. The average molecular weight is 354 g/mol. The number of carbonyl (C=O) groups is 1. The van der Waals surface area contributed by atoms with Gasteiger partial charge in [0, 0.05) is 0 Å². The molecule has 0 spiro atoms. The highest BCUT2D eigenvalue weighted by Gasteiger charge is 2.34. The molecule has 1 atom stereocenters. The predicted octanol–water partition coefficient (Wildman–Crippen LogP) is 1.83. The highest BCUT2D eigenvalue weighted by Crippen LogP contribution is 2.31. The van der Waals surface area contributed by atoms with E-state index in [1.54, 1.807) is 17.2 Å². The fraction of sp³-hybridized carbons (Fsp3) is 0.188. The van der Waals surface area contributed by atoms with Crippen LogP contribution in [0.5, 0.6) is 0 Å². The Bertz CT molecular complexity index is 877. The molecule has 3 heterocycles. The van der Waals surface area contributed by atoms with Crippen LogP contribution in [0, 0.1) is 0 Å². The third-order valence-corrected chi connectivity index (χ3v) is 4.72. The maximum absolute atomic E-state index is 12.2. The third-order valence-electron chi connectivity index (χ3n) is 3.60. The fourth-order valence-electron chi connectivity index (χ4n) is 2.42. The summed E-state index contributed by atoms with van der Waals surface area (Å²) in [4.78, 5) is 13.8. The molecule has 0 saturated carbocycles. The minimum atomic E-state index is -0.170. The first-order valence-electron chi connectivity index (χ1n) is 7.61. The van der Waals surface area contributed by atoms with Gasteiger partial charge in [-0.1, -0.05) is 47.6 Å². The Labute approximate surface area is 147 Å². The summed E-state index contributed by atoms with van der Waals surface area (Å²) in [6.07, 6.45) is 7.07. The van der Waals surface area contributed by atoms with Crippen molar-refractivity contribution in [2.75, 3.05) is 10.7 Å². The zero-order valence-electron chi connectivity index (χ0n) is 13.1. The summed E-state index contributed by atoms with van der Waals surface area (Å²) >= 11 is 1.52. The number of carbonyl (C=O) groups excluding carboxylic acids is 1. The standard InChI is InChI=1S/C16H14N6O2S/c23-14-9-25-15(7-6-12-4-2-1-3-5-12)22(14)16-20-19-13(24-16)8-21-10-17-18-11-21/h1-7,10-11,15H,8-9H2/b7-6+. The molecule has 4 rings (SSSR count). The van der Waals surface area contributed by atoms with Crippen LogP contribution < -0.4 is 4.90 Å². The molecule has 2 aromatic heterocycles. The van der Waals surface area contributed by atoms with Crippen LogP contribution in [0.1, 0.15) is 11.5 Å². The van der Waals surface area contributed by atoms with E-state index in [9.17, 15) is 4.79 Å². The van der Waals surface area contributed by atoms with Crippen molar-refractivity contribution in [2.24, 2.45) is 0 Å². The molecule has 25 heavy (non-hydrogen) atoms. The molecule has 8 nitrogen and oxygen atoms in total.